The van der Waals surface area contributed by atoms with Gasteiger partial charge in [0.2, 0.25) is 5.91 Å². The molecule has 1 saturated heterocycles. The molecular weight excluding hydrogens is 310 g/mol. The van der Waals surface area contributed by atoms with Crippen molar-refractivity contribution in [1.29, 1.82) is 0 Å². The number of aromatic nitrogens is 2. The second kappa shape index (κ2) is 6.81. The van der Waals surface area contributed by atoms with Gasteiger partial charge in [-0.2, -0.15) is 0 Å². The summed E-state index contributed by atoms with van der Waals surface area (Å²) in [4.78, 5) is 22.3. The van der Waals surface area contributed by atoms with E-state index in [-0.39, 0.29) is 11.8 Å². The van der Waals surface area contributed by atoms with Crippen LogP contribution in [0.4, 0.5) is 5.82 Å². The first-order valence-electron chi connectivity index (χ1n) is 6.40. The van der Waals surface area contributed by atoms with Gasteiger partial charge in [-0.15, -0.1) is 0 Å². The minimum absolute atomic E-state index is 0.00200. The van der Waals surface area contributed by atoms with Gasteiger partial charge in [0.25, 0.3) is 0 Å². The lowest BCUT2D eigenvalue weighted by atomic mass is 9.97. The Balaban J connectivity index is 2.01. The standard InChI is InChI=1S/C12H18BrN5O/c13-10-6-15-8-17-11(10)18-5-1-2-9(7-18)12(19)16-4-3-14/h6,8-9H,1-5,7,14H2,(H,16,19). The monoisotopic (exact) mass is 327 g/mol. The molecule has 0 saturated carbocycles. The molecule has 1 fully saturated rings. The van der Waals surface area contributed by atoms with Crippen molar-refractivity contribution < 1.29 is 4.79 Å². The molecule has 6 nitrogen and oxygen atoms in total. The van der Waals surface area contributed by atoms with Crippen LogP contribution in [0.25, 0.3) is 0 Å². The van der Waals surface area contributed by atoms with Gasteiger partial charge in [-0.25, -0.2) is 9.97 Å². The molecule has 7 heteroatoms. The Hall–Kier alpha value is -1.21. The number of nitrogens with zero attached hydrogens (tertiary/aromatic N) is 3. The average Bonchev–Trinajstić information content (AvgIpc) is 2.45. The lowest BCUT2D eigenvalue weighted by molar-refractivity contribution is -0.125. The Labute approximate surface area is 120 Å². The second-order valence-electron chi connectivity index (χ2n) is 4.56. The fourth-order valence-corrected chi connectivity index (χ4v) is 2.73. The number of carbonyl (C=O) groups is 1. The van der Waals surface area contributed by atoms with Crippen LogP contribution in [-0.2, 0) is 4.79 Å². The molecule has 19 heavy (non-hydrogen) atoms. The first-order chi connectivity index (χ1) is 9.22. The third kappa shape index (κ3) is 3.63. The van der Waals surface area contributed by atoms with E-state index in [2.05, 4.69) is 36.1 Å². The topological polar surface area (TPSA) is 84.1 Å². The van der Waals surface area contributed by atoms with Gasteiger partial charge in [0.05, 0.1) is 10.4 Å². The smallest absolute Gasteiger partial charge is 0.224 e. The predicted octanol–water partition coefficient (Wildman–Crippen LogP) is 0.530. The van der Waals surface area contributed by atoms with Gasteiger partial charge in [0.15, 0.2) is 0 Å². The number of rotatable bonds is 4. The molecule has 1 atom stereocenters. The zero-order valence-electron chi connectivity index (χ0n) is 10.7. The predicted molar refractivity (Wildman–Crippen MR) is 76.7 cm³/mol. The van der Waals surface area contributed by atoms with Crippen molar-refractivity contribution in [3.8, 4) is 0 Å². The van der Waals surface area contributed by atoms with Crippen molar-refractivity contribution in [3.63, 3.8) is 0 Å². The van der Waals surface area contributed by atoms with Crippen molar-refractivity contribution in [1.82, 2.24) is 15.3 Å². The van der Waals surface area contributed by atoms with Gasteiger partial charge in [0.1, 0.15) is 12.1 Å². The lowest BCUT2D eigenvalue weighted by Gasteiger charge is -2.33. The van der Waals surface area contributed by atoms with E-state index >= 15 is 0 Å². The summed E-state index contributed by atoms with van der Waals surface area (Å²) in [5.41, 5.74) is 5.40. The number of nitrogens with two attached hydrogens (primary N) is 1. The highest BCUT2D eigenvalue weighted by atomic mass is 79.9. The Morgan fingerprint density at radius 2 is 2.47 bits per heavy atom. The molecule has 1 unspecified atom stereocenters. The minimum atomic E-state index is 0.00200. The number of anilines is 1. The highest BCUT2D eigenvalue weighted by Gasteiger charge is 2.27. The molecule has 0 radical (unpaired) electrons. The summed E-state index contributed by atoms with van der Waals surface area (Å²) in [6.07, 6.45) is 5.14. The maximum atomic E-state index is 12.0. The summed E-state index contributed by atoms with van der Waals surface area (Å²) in [6.45, 7) is 2.61. The first kappa shape index (κ1) is 14.2. The van der Waals surface area contributed by atoms with Crippen molar-refractivity contribution >= 4 is 27.7 Å². The summed E-state index contributed by atoms with van der Waals surface area (Å²) in [5, 5.41) is 2.85. The molecule has 2 rings (SSSR count). The molecule has 0 bridgehead atoms. The van der Waals surface area contributed by atoms with Crippen LogP contribution < -0.4 is 16.0 Å². The first-order valence-corrected chi connectivity index (χ1v) is 7.20. The Bertz CT molecular complexity index is 442. The molecule has 0 spiro atoms. The van der Waals surface area contributed by atoms with E-state index < -0.39 is 0 Å². The molecule has 104 valence electrons. The van der Waals surface area contributed by atoms with Crippen molar-refractivity contribution in [2.75, 3.05) is 31.1 Å². The van der Waals surface area contributed by atoms with Crippen LogP contribution in [0.1, 0.15) is 12.8 Å². The van der Waals surface area contributed by atoms with E-state index in [0.29, 0.717) is 19.6 Å². The Morgan fingerprint density at radius 1 is 1.63 bits per heavy atom. The number of nitrogens with one attached hydrogen (secondary N) is 1. The normalized spacial score (nSPS) is 19.3. The maximum absolute atomic E-state index is 12.0. The Morgan fingerprint density at radius 3 is 3.21 bits per heavy atom. The summed E-state index contributed by atoms with van der Waals surface area (Å²) in [5.74, 6) is 0.939. The summed E-state index contributed by atoms with van der Waals surface area (Å²) in [7, 11) is 0. The molecule has 1 aliphatic heterocycles. The molecule has 1 aromatic heterocycles. The van der Waals surface area contributed by atoms with Crippen molar-refractivity contribution in [3.05, 3.63) is 17.0 Å². The van der Waals surface area contributed by atoms with Gasteiger partial charge < -0.3 is 16.0 Å². The Kier molecular flexibility index (Phi) is 5.09. The number of piperidine rings is 1. The minimum Gasteiger partial charge on any atom is -0.355 e. The van der Waals surface area contributed by atoms with E-state index in [4.69, 9.17) is 5.73 Å². The molecule has 1 aromatic rings. The third-order valence-corrected chi connectivity index (χ3v) is 3.74. The molecule has 1 amide bonds. The maximum Gasteiger partial charge on any atom is 0.224 e. The van der Waals surface area contributed by atoms with Crippen LogP contribution in [0.5, 0.6) is 0 Å². The number of halogens is 1. The van der Waals surface area contributed by atoms with Crippen molar-refractivity contribution in [2.24, 2.45) is 11.7 Å². The van der Waals surface area contributed by atoms with E-state index in [1.807, 2.05) is 0 Å². The highest BCUT2D eigenvalue weighted by Crippen LogP contribution is 2.27. The van der Waals surface area contributed by atoms with Crippen LogP contribution in [0.2, 0.25) is 0 Å². The fourth-order valence-electron chi connectivity index (χ4n) is 2.26. The second-order valence-corrected chi connectivity index (χ2v) is 5.41. The summed E-state index contributed by atoms with van der Waals surface area (Å²) < 4.78 is 0.859. The summed E-state index contributed by atoms with van der Waals surface area (Å²) in [6, 6.07) is 0. The number of hydrogen-bond acceptors (Lipinski definition) is 5. The van der Waals surface area contributed by atoms with Crippen LogP contribution in [0.3, 0.4) is 0 Å². The van der Waals surface area contributed by atoms with Crippen LogP contribution in [0.15, 0.2) is 17.0 Å². The van der Waals surface area contributed by atoms with E-state index in [1.54, 1.807) is 6.20 Å². The number of amides is 1. The number of hydrogen-bond donors (Lipinski definition) is 2. The molecule has 0 aromatic carbocycles. The van der Waals surface area contributed by atoms with Gasteiger partial charge in [-0.05, 0) is 28.8 Å². The van der Waals surface area contributed by atoms with Gasteiger partial charge in [0, 0.05) is 32.4 Å². The quantitative estimate of drug-likeness (QED) is 0.842. The summed E-state index contributed by atoms with van der Waals surface area (Å²) >= 11 is 3.45. The molecule has 1 aliphatic rings. The van der Waals surface area contributed by atoms with Crippen LogP contribution in [-0.4, -0.2) is 42.1 Å². The van der Waals surface area contributed by atoms with Gasteiger partial charge in [-0.3, -0.25) is 4.79 Å². The molecular formula is C12H18BrN5O. The van der Waals surface area contributed by atoms with E-state index in [1.165, 1.54) is 6.33 Å². The highest BCUT2D eigenvalue weighted by molar-refractivity contribution is 9.10. The fraction of sp³-hybridized carbons (Fsp3) is 0.583. The molecule has 2 heterocycles. The van der Waals surface area contributed by atoms with Crippen LogP contribution >= 0.6 is 15.9 Å². The van der Waals surface area contributed by atoms with Gasteiger partial charge in [-0.1, -0.05) is 0 Å². The van der Waals surface area contributed by atoms with Crippen molar-refractivity contribution in [2.45, 2.75) is 12.8 Å². The average molecular weight is 328 g/mol. The largest absolute Gasteiger partial charge is 0.355 e. The van der Waals surface area contributed by atoms with E-state index in [9.17, 15) is 4.79 Å². The SMILES string of the molecule is NCCNC(=O)C1CCCN(c2ncncc2Br)C1. The molecule has 0 aliphatic carbocycles. The van der Waals surface area contributed by atoms with Crippen LogP contribution in [0, 0.1) is 5.92 Å². The number of carbonyl (C=O) groups excluding carboxylic acids is 1. The zero-order valence-corrected chi connectivity index (χ0v) is 12.3. The third-order valence-electron chi connectivity index (χ3n) is 3.18. The van der Waals surface area contributed by atoms with Gasteiger partial charge >= 0.3 is 0 Å². The van der Waals surface area contributed by atoms with E-state index in [0.717, 1.165) is 29.7 Å². The lowest BCUT2D eigenvalue weighted by Crippen LogP contribution is -2.44. The molecule has 3 N–H and O–H groups in total. The zero-order chi connectivity index (χ0) is 13.7.